The number of benzene rings is 1. The quantitative estimate of drug-likeness (QED) is 0.840. The van der Waals surface area contributed by atoms with E-state index in [1.165, 1.54) is 0 Å². The Balaban J connectivity index is 1.68. The molecule has 0 aromatic heterocycles. The second-order valence-corrected chi connectivity index (χ2v) is 7.40. The molecule has 1 aromatic rings. The molecule has 0 unspecified atom stereocenters. The molecule has 3 fully saturated rings. The average molecular weight is 352 g/mol. The second kappa shape index (κ2) is 6.30. The van der Waals surface area contributed by atoms with Gasteiger partial charge in [0.2, 0.25) is 0 Å². The predicted octanol–water partition coefficient (Wildman–Crippen LogP) is 1.97. The van der Waals surface area contributed by atoms with Crippen LogP contribution in [0.5, 0.6) is 0 Å². The number of carbonyl (C=O) groups is 1. The van der Waals surface area contributed by atoms with Gasteiger partial charge in [-0.25, -0.2) is 0 Å². The van der Waals surface area contributed by atoms with E-state index in [2.05, 4.69) is 0 Å². The lowest BCUT2D eigenvalue weighted by molar-refractivity contribution is -0.212. The number of hydrogen-bond acceptors (Lipinski definition) is 4. The minimum Gasteiger partial charge on any atom is -0.389 e. The highest BCUT2D eigenvalue weighted by Crippen LogP contribution is 2.44. The van der Waals surface area contributed by atoms with E-state index in [4.69, 9.17) is 21.1 Å². The highest BCUT2D eigenvalue weighted by Gasteiger charge is 2.56. The lowest BCUT2D eigenvalue weighted by Gasteiger charge is -2.57. The Hall–Kier alpha value is -1.14. The van der Waals surface area contributed by atoms with Gasteiger partial charge in [0.15, 0.2) is 0 Å². The number of rotatable bonds is 1. The maximum Gasteiger partial charge on any atom is 0.255 e. The monoisotopic (exact) mass is 351 g/mol. The number of carbonyl (C=O) groups excluding carboxylic acids is 1. The van der Waals surface area contributed by atoms with Gasteiger partial charge in [-0.15, -0.1) is 0 Å². The van der Waals surface area contributed by atoms with Crippen molar-refractivity contribution in [1.82, 2.24) is 4.90 Å². The van der Waals surface area contributed by atoms with Gasteiger partial charge in [-0.1, -0.05) is 23.7 Å². The van der Waals surface area contributed by atoms with Gasteiger partial charge >= 0.3 is 0 Å². The summed E-state index contributed by atoms with van der Waals surface area (Å²) < 4.78 is 11.2. The van der Waals surface area contributed by atoms with E-state index in [-0.39, 0.29) is 23.8 Å². The zero-order valence-electron chi connectivity index (χ0n) is 13.5. The van der Waals surface area contributed by atoms with Crippen LogP contribution in [-0.2, 0) is 9.47 Å². The summed E-state index contributed by atoms with van der Waals surface area (Å²) in [6, 6.07) is 7.13. The molecule has 0 aliphatic carbocycles. The molecule has 130 valence electrons. The number of fused-ring (bicyclic) bond motifs is 3. The van der Waals surface area contributed by atoms with Gasteiger partial charge in [0.25, 0.3) is 5.91 Å². The van der Waals surface area contributed by atoms with Crippen molar-refractivity contribution in [2.75, 3.05) is 33.0 Å². The SMILES string of the molecule is O=C(c1ccccc1Cl)N1C[C@H]2COCC[C@@]2(O)[C@@H]2COCC[C@@H]21. The van der Waals surface area contributed by atoms with E-state index in [9.17, 15) is 9.90 Å². The van der Waals surface area contributed by atoms with Crippen molar-refractivity contribution < 1.29 is 19.4 Å². The fourth-order valence-corrected chi connectivity index (χ4v) is 4.70. The van der Waals surface area contributed by atoms with Crippen molar-refractivity contribution in [3.8, 4) is 0 Å². The minimum absolute atomic E-state index is 0.0122. The summed E-state index contributed by atoms with van der Waals surface area (Å²) in [5.74, 6) is -0.217. The Morgan fingerprint density at radius 1 is 1.25 bits per heavy atom. The van der Waals surface area contributed by atoms with Crippen LogP contribution in [0.1, 0.15) is 23.2 Å². The molecule has 4 rings (SSSR count). The predicted molar refractivity (Wildman–Crippen MR) is 89.1 cm³/mol. The van der Waals surface area contributed by atoms with Crippen molar-refractivity contribution >= 4 is 17.5 Å². The summed E-state index contributed by atoms with van der Waals surface area (Å²) >= 11 is 6.23. The molecular formula is C18H22ClNO4. The molecule has 24 heavy (non-hydrogen) atoms. The van der Waals surface area contributed by atoms with Crippen molar-refractivity contribution in [2.24, 2.45) is 11.8 Å². The highest BCUT2D eigenvalue weighted by molar-refractivity contribution is 6.33. The summed E-state index contributed by atoms with van der Waals surface area (Å²) in [5.41, 5.74) is -0.285. The minimum atomic E-state index is -0.805. The summed E-state index contributed by atoms with van der Waals surface area (Å²) in [5, 5.41) is 11.8. The van der Waals surface area contributed by atoms with Gasteiger partial charge in [-0.2, -0.15) is 0 Å². The lowest BCUT2D eigenvalue weighted by atomic mass is 9.66. The topological polar surface area (TPSA) is 59.0 Å². The molecule has 3 saturated heterocycles. The maximum atomic E-state index is 13.1. The van der Waals surface area contributed by atoms with Gasteiger partial charge in [-0.05, 0) is 18.6 Å². The standard InChI is InChI=1S/C18H22ClNO4/c19-15-4-2-1-3-13(15)17(21)20-9-12-10-24-8-6-18(12,22)14-11-23-7-5-16(14)20/h1-4,12,14,16,22H,5-11H2/t12-,14+,16-,18-/m0/s1. The largest absolute Gasteiger partial charge is 0.389 e. The molecule has 0 radical (unpaired) electrons. The molecule has 5 nitrogen and oxygen atoms in total. The Labute approximate surface area is 146 Å². The molecule has 3 aliphatic heterocycles. The average Bonchev–Trinajstić information content (AvgIpc) is 2.61. The van der Waals surface area contributed by atoms with Crippen molar-refractivity contribution in [2.45, 2.75) is 24.5 Å². The van der Waals surface area contributed by atoms with Crippen LogP contribution in [0, 0.1) is 11.8 Å². The molecule has 1 amide bonds. The van der Waals surface area contributed by atoms with Crippen LogP contribution in [-0.4, -0.2) is 60.5 Å². The van der Waals surface area contributed by atoms with Crippen LogP contribution in [0.4, 0.5) is 0 Å². The van der Waals surface area contributed by atoms with E-state index < -0.39 is 5.60 Å². The van der Waals surface area contributed by atoms with Crippen molar-refractivity contribution in [1.29, 1.82) is 0 Å². The molecule has 0 saturated carbocycles. The fourth-order valence-electron chi connectivity index (χ4n) is 4.48. The third-order valence-corrected chi connectivity index (χ3v) is 6.15. The van der Waals surface area contributed by atoms with Crippen LogP contribution >= 0.6 is 11.6 Å². The third-order valence-electron chi connectivity index (χ3n) is 5.82. The van der Waals surface area contributed by atoms with Gasteiger partial charge < -0.3 is 19.5 Å². The number of halogens is 1. The van der Waals surface area contributed by atoms with Gasteiger partial charge in [0.05, 0.1) is 29.4 Å². The number of ether oxygens (including phenoxy) is 2. The van der Waals surface area contributed by atoms with Crippen LogP contribution in [0.15, 0.2) is 24.3 Å². The van der Waals surface area contributed by atoms with Crippen LogP contribution in [0.2, 0.25) is 5.02 Å². The molecule has 1 N–H and O–H groups in total. The molecule has 4 atom stereocenters. The van der Waals surface area contributed by atoms with Crippen molar-refractivity contribution in [3.63, 3.8) is 0 Å². The number of amides is 1. The van der Waals surface area contributed by atoms with Gasteiger partial charge in [0, 0.05) is 44.1 Å². The van der Waals surface area contributed by atoms with Crippen LogP contribution in [0.3, 0.4) is 0 Å². The molecule has 3 heterocycles. The molecular weight excluding hydrogens is 330 g/mol. The van der Waals surface area contributed by atoms with Gasteiger partial charge in [-0.3, -0.25) is 4.79 Å². The van der Waals surface area contributed by atoms with E-state index in [0.717, 1.165) is 6.42 Å². The number of nitrogens with zero attached hydrogens (tertiary/aromatic N) is 1. The number of likely N-dealkylation sites (tertiary alicyclic amines) is 1. The molecule has 1 aromatic carbocycles. The Kier molecular flexibility index (Phi) is 4.29. The first-order chi connectivity index (χ1) is 11.6. The summed E-state index contributed by atoms with van der Waals surface area (Å²) in [6.45, 7) is 2.65. The Morgan fingerprint density at radius 2 is 2.04 bits per heavy atom. The first kappa shape index (κ1) is 16.3. The summed E-state index contributed by atoms with van der Waals surface area (Å²) in [7, 11) is 0. The van der Waals surface area contributed by atoms with E-state index in [0.29, 0.717) is 50.0 Å². The zero-order chi connectivity index (χ0) is 16.7. The normalized spacial score (nSPS) is 35.9. The molecule has 6 heteroatoms. The molecule has 3 aliphatic rings. The molecule has 0 bridgehead atoms. The highest BCUT2D eigenvalue weighted by atomic mass is 35.5. The summed E-state index contributed by atoms with van der Waals surface area (Å²) in [6.07, 6.45) is 1.35. The number of hydrogen-bond donors (Lipinski definition) is 1. The van der Waals surface area contributed by atoms with E-state index in [1.54, 1.807) is 12.1 Å². The lowest BCUT2D eigenvalue weighted by Crippen LogP contribution is -2.68. The molecule has 0 spiro atoms. The van der Waals surface area contributed by atoms with Crippen LogP contribution in [0.25, 0.3) is 0 Å². The van der Waals surface area contributed by atoms with Gasteiger partial charge in [0.1, 0.15) is 0 Å². The zero-order valence-corrected chi connectivity index (χ0v) is 14.2. The smallest absolute Gasteiger partial charge is 0.255 e. The Morgan fingerprint density at radius 3 is 2.88 bits per heavy atom. The first-order valence-electron chi connectivity index (χ1n) is 8.54. The number of aliphatic hydroxyl groups is 1. The first-order valence-corrected chi connectivity index (χ1v) is 8.92. The van der Waals surface area contributed by atoms with Crippen LogP contribution < -0.4 is 0 Å². The third kappa shape index (κ3) is 2.54. The number of piperidine rings is 1. The second-order valence-electron chi connectivity index (χ2n) is 6.99. The summed E-state index contributed by atoms with van der Waals surface area (Å²) in [4.78, 5) is 15.0. The van der Waals surface area contributed by atoms with E-state index in [1.807, 2.05) is 17.0 Å². The van der Waals surface area contributed by atoms with Crippen molar-refractivity contribution in [3.05, 3.63) is 34.9 Å². The fraction of sp³-hybridized carbons (Fsp3) is 0.611. The Bertz CT molecular complexity index is 639. The van der Waals surface area contributed by atoms with E-state index >= 15 is 0 Å². The maximum absolute atomic E-state index is 13.1.